The number of amides is 1. The van der Waals surface area contributed by atoms with Crippen LogP contribution in [0.15, 0.2) is 54.7 Å². The molecule has 9 heteroatoms. The minimum Gasteiger partial charge on any atom is -0.493 e. The number of aromatic nitrogens is 3. The van der Waals surface area contributed by atoms with E-state index in [1.54, 1.807) is 54.3 Å². The third-order valence-electron chi connectivity index (χ3n) is 4.59. The van der Waals surface area contributed by atoms with Crippen LogP contribution in [-0.4, -0.2) is 40.6 Å². The van der Waals surface area contributed by atoms with Gasteiger partial charge in [0.1, 0.15) is 10.8 Å². The van der Waals surface area contributed by atoms with Crippen LogP contribution in [0.2, 0.25) is 0 Å². The maximum Gasteiger partial charge on any atom is 0.235 e. The van der Waals surface area contributed by atoms with Gasteiger partial charge in [0.2, 0.25) is 5.91 Å². The maximum atomic E-state index is 12.5. The number of ether oxygens (including phenoxy) is 2. The summed E-state index contributed by atoms with van der Waals surface area (Å²) in [5.41, 5.74) is 1.91. The van der Waals surface area contributed by atoms with Crippen LogP contribution in [0.5, 0.6) is 11.5 Å². The average molecular weight is 455 g/mol. The molecule has 2 aromatic carbocycles. The second kappa shape index (κ2) is 9.84. The van der Waals surface area contributed by atoms with Gasteiger partial charge in [-0.15, -0.1) is 23.1 Å². The molecular formula is C22H22N4O3S2. The quantitative estimate of drug-likeness (QED) is 0.403. The van der Waals surface area contributed by atoms with Gasteiger partial charge in [0.25, 0.3) is 0 Å². The number of hydrogen-bond acceptors (Lipinski definition) is 7. The molecule has 0 saturated carbocycles. The molecule has 4 aromatic rings. The number of carbonyl (C=O) groups excluding carboxylic acids is 1. The third-order valence-corrected chi connectivity index (χ3v) is 6.75. The Morgan fingerprint density at radius 3 is 2.81 bits per heavy atom. The predicted molar refractivity (Wildman–Crippen MR) is 125 cm³/mol. The summed E-state index contributed by atoms with van der Waals surface area (Å²) in [5.74, 6) is 2.91. The van der Waals surface area contributed by atoms with Crippen molar-refractivity contribution in [3.8, 4) is 11.5 Å². The first-order valence-corrected chi connectivity index (χ1v) is 11.6. The normalized spacial score (nSPS) is 10.9. The van der Waals surface area contributed by atoms with Gasteiger partial charge < -0.3 is 14.8 Å². The zero-order valence-corrected chi connectivity index (χ0v) is 18.8. The van der Waals surface area contributed by atoms with E-state index in [2.05, 4.69) is 21.5 Å². The van der Waals surface area contributed by atoms with Crippen LogP contribution in [0.1, 0.15) is 10.6 Å². The highest BCUT2D eigenvalue weighted by atomic mass is 32.2. The summed E-state index contributed by atoms with van der Waals surface area (Å²) in [4.78, 5) is 17.1. The number of fused-ring (bicyclic) bond motifs is 1. The van der Waals surface area contributed by atoms with Gasteiger partial charge in [-0.05, 0) is 18.2 Å². The van der Waals surface area contributed by atoms with Gasteiger partial charge in [-0.25, -0.2) is 9.67 Å². The predicted octanol–water partition coefficient (Wildman–Crippen LogP) is 4.43. The molecule has 0 aliphatic rings. The number of nitrogens with zero attached hydrogens (tertiary/aromatic N) is 3. The van der Waals surface area contributed by atoms with Crippen LogP contribution in [0.4, 0.5) is 5.82 Å². The van der Waals surface area contributed by atoms with Crippen molar-refractivity contribution in [1.82, 2.24) is 14.8 Å². The molecule has 1 N–H and O–H groups in total. The highest BCUT2D eigenvalue weighted by Gasteiger charge is 2.13. The van der Waals surface area contributed by atoms with Gasteiger partial charge in [0.05, 0.1) is 42.9 Å². The SMILES string of the molecule is COc1cccc(Cn2nccc2NC(=O)CSCc2nc3ccccc3s2)c1OC. The number of nitrogens with one attached hydrogen (secondary N) is 1. The monoisotopic (exact) mass is 454 g/mol. The highest BCUT2D eigenvalue weighted by Crippen LogP contribution is 2.31. The molecule has 0 spiro atoms. The van der Waals surface area contributed by atoms with Crippen LogP contribution in [0.25, 0.3) is 10.2 Å². The molecular weight excluding hydrogens is 432 g/mol. The summed E-state index contributed by atoms with van der Waals surface area (Å²) >= 11 is 3.21. The number of hydrogen-bond donors (Lipinski definition) is 1. The fourth-order valence-electron chi connectivity index (χ4n) is 3.20. The molecule has 31 heavy (non-hydrogen) atoms. The van der Waals surface area contributed by atoms with Gasteiger partial charge in [-0.1, -0.05) is 24.3 Å². The van der Waals surface area contributed by atoms with Crippen molar-refractivity contribution in [2.45, 2.75) is 12.3 Å². The van der Waals surface area contributed by atoms with Crippen molar-refractivity contribution < 1.29 is 14.3 Å². The first-order valence-electron chi connectivity index (χ1n) is 9.61. The number of benzene rings is 2. The molecule has 0 aliphatic carbocycles. The summed E-state index contributed by atoms with van der Waals surface area (Å²) in [7, 11) is 3.21. The van der Waals surface area contributed by atoms with E-state index in [1.807, 2.05) is 36.4 Å². The van der Waals surface area contributed by atoms with Gasteiger partial charge in [-0.2, -0.15) is 5.10 Å². The number of anilines is 1. The Morgan fingerprint density at radius 2 is 2.00 bits per heavy atom. The van der Waals surface area contributed by atoms with Crippen LogP contribution in [-0.2, 0) is 17.1 Å². The molecule has 0 unspecified atom stereocenters. The van der Waals surface area contributed by atoms with Crippen LogP contribution >= 0.6 is 23.1 Å². The van der Waals surface area contributed by atoms with Crippen molar-refractivity contribution in [3.63, 3.8) is 0 Å². The van der Waals surface area contributed by atoms with Crippen LogP contribution < -0.4 is 14.8 Å². The number of para-hydroxylation sites is 2. The van der Waals surface area contributed by atoms with Crippen molar-refractivity contribution in [2.24, 2.45) is 0 Å². The Bertz CT molecular complexity index is 1160. The molecule has 0 bridgehead atoms. The van der Waals surface area contributed by atoms with Crippen molar-refractivity contribution in [1.29, 1.82) is 0 Å². The van der Waals surface area contributed by atoms with E-state index >= 15 is 0 Å². The van der Waals surface area contributed by atoms with Gasteiger partial charge in [0, 0.05) is 17.4 Å². The minimum atomic E-state index is -0.0783. The van der Waals surface area contributed by atoms with E-state index in [4.69, 9.17) is 9.47 Å². The summed E-state index contributed by atoms with van der Waals surface area (Å²) < 4.78 is 13.7. The van der Waals surface area contributed by atoms with Gasteiger partial charge >= 0.3 is 0 Å². The summed E-state index contributed by atoms with van der Waals surface area (Å²) in [6.45, 7) is 0.446. The number of methoxy groups -OCH3 is 2. The Morgan fingerprint density at radius 1 is 1.13 bits per heavy atom. The van der Waals surface area contributed by atoms with E-state index in [0.29, 0.717) is 35.4 Å². The first-order chi connectivity index (χ1) is 15.2. The van der Waals surface area contributed by atoms with E-state index < -0.39 is 0 Å². The van der Waals surface area contributed by atoms with E-state index in [-0.39, 0.29) is 5.91 Å². The Kier molecular flexibility index (Phi) is 6.73. The molecule has 160 valence electrons. The minimum absolute atomic E-state index is 0.0783. The number of thioether (sulfide) groups is 1. The Balaban J connectivity index is 1.35. The molecule has 1 amide bonds. The van der Waals surface area contributed by atoms with Crippen molar-refractivity contribution >= 4 is 45.0 Å². The van der Waals surface area contributed by atoms with E-state index in [0.717, 1.165) is 16.1 Å². The lowest BCUT2D eigenvalue weighted by Crippen LogP contribution is -2.18. The maximum absolute atomic E-state index is 12.5. The summed E-state index contributed by atoms with van der Waals surface area (Å²) in [6, 6.07) is 15.5. The van der Waals surface area contributed by atoms with Gasteiger partial charge in [0.15, 0.2) is 11.5 Å². The fraction of sp³-hybridized carbons (Fsp3) is 0.227. The molecule has 2 aromatic heterocycles. The fourth-order valence-corrected chi connectivity index (χ4v) is 5.04. The van der Waals surface area contributed by atoms with E-state index in [9.17, 15) is 4.79 Å². The first kappa shape index (κ1) is 21.2. The molecule has 0 saturated heterocycles. The summed E-state index contributed by atoms with van der Waals surface area (Å²) in [6.07, 6.45) is 1.66. The Labute approximate surface area is 188 Å². The lowest BCUT2D eigenvalue weighted by Gasteiger charge is -2.14. The van der Waals surface area contributed by atoms with Crippen LogP contribution in [0, 0.1) is 0 Å². The molecule has 0 radical (unpaired) electrons. The lowest BCUT2D eigenvalue weighted by atomic mass is 10.2. The van der Waals surface area contributed by atoms with Crippen LogP contribution in [0.3, 0.4) is 0 Å². The average Bonchev–Trinajstić information content (AvgIpc) is 3.39. The molecule has 2 heterocycles. The zero-order chi connectivity index (χ0) is 21.6. The summed E-state index contributed by atoms with van der Waals surface area (Å²) in [5, 5.41) is 8.30. The molecule has 0 aliphatic heterocycles. The van der Waals surface area contributed by atoms with Crippen molar-refractivity contribution in [3.05, 3.63) is 65.3 Å². The standard InChI is InChI=1S/C22H22N4O3S2/c1-28-17-8-5-6-15(22(17)29-2)12-26-19(10-11-23-26)25-20(27)13-30-14-21-24-16-7-3-4-9-18(16)31-21/h3-11H,12-14H2,1-2H3,(H,25,27). The highest BCUT2D eigenvalue weighted by molar-refractivity contribution is 7.99. The van der Waals surface area contributed by atoms with E-state index in [1.165, 1.54) is 4.70 Å². The lowest BCUT2D eigenvalue weighted by molar-refractivity contribution is -0.113. The second-order valence-corrected chi connectivity index (χ2v) is 8.74. The number of rotatable bonds is 9. The smallest absolute Gasteiger partial charge is 0.235 e. The topological polar surface area (TPSA) is 78.3 Å². The zero-order valence-electron chi connectivity index (χ0n) is 17.2. The molecule has 4 rings (SSSR count). The Hall–Kier alpha value is -3.04. The van der Waals surface area contributed by atoms with Crippen molar-refractivity contribution in [2.75, 3.05) is 25.3 Å². The molecule has 0 fully saturated rings. The molecule has 7 nitrogen and oxygen atoms in total. The largest absolute Gasteiger partial charge is 0.493 e. The number of thiazole rings is 1. The number of carbonyl (C=O) groups is 1. The third kappa shape index (κ3) is 5.00. The molecule has 0 atom stereocenters. The second-order valence-electron chi connectivity index (χ2n) is 6.64. The van der Waals surface area contributed by atoms with Gasteiger partial charge in [-0.3, -0.25) is 4.79 Å².